The van der Waals surface area contributed by atoms with Crippen LogP contribution in [-0.2, 0) is 0 Å². The smallest absolute Gasteiger partial charge is 0.226 e. The summed E-state index contributed by atoms with van der Waals surface area (Å²) in [5, 5.41) is 16.6. The predicted octanol–water partition coefficient (Wildman–Crippen LogP) is 2.61. The van der Waals surface area contributed by atoms with Crippen LogP contribution in [0.5, 0.6) is 0 Å². The van der Waals surface area contributed by atoms with E-state index in [-0.39, 0.29) is 12.6 Å². The van der Waals surface area contributed by atoms with Crippen molar-refractivity contribution in [2.45, 2.75) is 33.2 Å². The summed E-state index contributed by atoms with van der Waals surface area (Å²) < 4.78 is 0. The first-order valence-electron chi connectivity index (χ1n) is 6.53. The Balaban J connectivity index is 2.39. The lowest BCUT2D eigenvalue weighted by Crippen LogP contribution is -2.20. The summed E-state index contributed by atoms with van der Waals surface area (Å²) in [6.45, 7) is 7.02. The molecule has 1 atom stereocenters. The van der Waals surface area contributed by atoms with Gasteiger partial charge in [0.15, 0.2) is 0 Å². The van der Waals surface area contributed by atoms with E-state index in [1.807, 2.05) is 6.92 Å². The standard InChI is InChI=1S/C13H20N4OS/c1-4-5-14-13-16-11(15-8(2)7-18)10-6-9(3)19-12(10)17-13/h6,8,18H,4-5,7H2,1-3H3,(H2,14,15,16,17). The van der Waals surface area contributed by atoms with Crippen molar-refractivity contribution in [2.24, 2.45) is 0 Å². The number of nitrogens with one attached hydrogen (secondary N) is 2. The molecule has 0 amide bonds. The van der Waals surface area contributed by atoms with Crippen LogP contribution >= 0.6 is 11.3 Å². The molecule has 0 aliphatic carbocycles. The van der Waals surface area contributed by atoms with Crippen LogP contribution in [0.25, 0.3) is 10.2 Å². The fraction of sp³-hybridized carbons (Fsp3) is 0.538. The monoisotopic (exact) mass is 280 g/mol. The van der Waals surface area contributed by atoms with Crippen LogP contribution in [0.15, 0.2) is 6.07 Å². The van der Waals surface area contributed by atoms with E-state index in [0.29, 0.717) is 5.95 Å². The van der Waals surface area contributed by atoms with Crippen LogP contribution in [0.2, 0.25) is 0 Å². The highest BCUT2D eigenvalue weighted by Crippen LogP contribution is 2.29. The van der Waals surface area contributed by atoms with Gasteiger partial charge in [0, 0.05) is 17.5 Å². The van der Waals surface area contributed by atoms with Crippen molar-refractivity contribution in [3.8, 4) is 0 Å². The second kappa shape index (κ2) is 6.16. The summed E-state index contributed by atoms with van der Waals surface area (Å²) in [7, 11) is 0. The number of nitrogens with zero attached hydrogens (tertiary/aromatic N) is 2. The number of aromatic nitrogens is 2. The molecule has 1 unspecified atom stereocenters. The van der Waals surface area contributed by atoms with Crippen molar-refractivity contribution in [3.05, 3.63) is 10.9 Å². The Bertz CT molecular complexity index is 555. The molecule has 0 radical (unpaired) electrons. The van der Waals surface area contributed by atoms with E-state index in [0.717, 1.165) is 29.0 Å². The SMILES string of the molecule is CCCNc1nc(NC(C)CO)c2cc(C)sc2n1. The molecule has 0 aromatic carbocycles. The van der Waals surface area contributed by atoms with Crippen molar-refractivity contribution in [3.63, 3.8) is 0 Å². The number of rotatable bonds is 6. The van der Waals surface area contributed by atoms with Crippen LogP contribution in [0.1, 0.15) is 25.1 Å². The van der Waals surface area contributed by atoms with Gasteiger partial charge in [0.1, 0.15) is 10.6 Å². The molecule has 104 valence electrons. The van der Waals surface area contributed by atoms with E-state index in [9.17, 15) is 0 Å². The number of aryl methyl sites for hydroxylation is 1. The van der Waals surface area contributed by atoms with Gasteiger partial charge in [0.25, 0.3) is 0 Å². The number of aliphatic hydroxyl groups is 1. The van der Waals surface area contributed by atoms with Gasteiger partial charge in [0.2, 0.25) is 5.95 Å². The second-order valence-corrected chi connectivity index (χ2v) is 5.86. The first-order chi connectivity index (χ1) is 9.13. The Labute approximate surface area is 117 Å². The van der Waals surface area contributed by atoms with E-state index in [1.54, 1.807) is 11.3 Å². The first-order valence-corrected chi connectivity index (χ1v) is 7.35. The minimum atomic E-state index is -0.0302. The Hall–Kier alpha value is -1.40. The third-order valence-corrected chi connectivity index (χ3v) is 3.65. The highest BCUT2D eigenvalue weighted by molar-refractivity contribution is 7.18. The fourth-order valence-electron chi connectivity index (χ4n) is 1.75. The lowest BCUT2D eigenvalue weighted by molar-refractivity contribution is 0.281. The fourth-order valence-corrected chi connectivity index (χ4v) is 2.63. The Kier molecular flexibility index (Phi) is 4.55. The molecular formula is C13H20N4OS. The maximum absolute atomic E-state index is 9.17. The largest absolute Gasteiger partial charge is 0.394 e. The number of fused-ring (bicyclic) bond motifs is 1. The molecular weight excluding hydrogens is 260 g/mol. The average molecular weight is 280 g/mol. The molecule has 2 aromatic rings. The van der Waals surface area contributed by atoms with Crippen molar-refractivity contribution in [1.29, 1.82) is 0 Å². The van der Waals surface area contributed by atoms with E-state index in [4.69, 9.17) is 5.11 Å². The number of thiophene rings is 1. The van der Waals surface area contributed by atoms with Crippen LogP contribution in [0, 0.1) is 6.92 Å². The summed E-state index contributed by atoms with van der Waals surface area (Å²) >= 11 is 1.65. The zero-order valence-corrected chi connectivity index (χ0v) is 12.3. The molecule has 0 bridgehead atoms. The maximum atomic E-state index is 9.17. The number of anilines is 2. The molecule has 2 rings (SSSR count). The van der Waals surface area contributed by atoms with Crippen molar-refractivity contribution >= 4 is 33.3 Å². The van der Waals surface area contributed by atoms with Gasteiger partial charge in [-0.3, -0.25) is 0 Å². The van der Waals surface area contributed by atoms with Gasteiger partial charge in [0.05, 0.1) is 12.0 Å². The molecule has 2 aromatic heterocycles. The third kappa shape index (κ3) is 3.33. The Morgan fingerprint density at radius 3 is 2.89 bits per heavy atom. The molecule has 0 saturated carbocycles. The van der Waals surface area contributed by atoms with Crippen molar-refractivity contribution in [2.75, 3.05) is 23.8 Å². The summed E-state index contributed by atoms with van der Waals surface area (Å²) in [5.74, 6) is 1.43. The van der Waals surface area contributed by atoms with Gasteiger partial charge in [-0.25, -0.2) is 4.98 Å². The van der Waals surface area contributed by atoms with E-state index in [1.165, 1.54) is 4.88 Å². The normalized spacial score (nSPS) is 12.6. The second-order valence-electron chi connectivity index (χ2n) is 4.63. The van der Waals surface area contributed by atoms with Gasteiger partial charge in [-0.05, 0) is 26.3 Å². The van der Waals surface area contributed by atoms with Gasteiger partial charge in [-0.2, -0.15) is 4.98 Å². The summed E-state index contributed by atoms with van der Waals surface area (Å²) in [5.41, 5.74) is 0. The molecule has 2 heterocycles. The summed E-state index contributed by atoms with van der Waals surface area (Å²) in [6, 6.07) is 2.05. The lowest BCUT2D eigenvalue weighted by atomic mass is 10.3. The average Bonchev–Trinajstić information content (AvgIpc) is 2.76. The van der Waals surface area contributed by atoms with Crippen molar-refractivity contribution in [1.82, 2.24) is 9.97 Å². The molecule has 6 heteroatoms. The van der Waals surface area contributed by atoms with Crippen LogP contribution in [0.3, 0.4) is 0 Å². The van der Waals surface area contributed by atoms with Gasteiger partial charge < -0.3 is 15.7 Å². The number of hydrogen-bond donors (Lipinski definition) is 3. The topological polar surface area (TPSA) is 70.1 Å². The van der Waals surface area contributed by atoms with E-state index >= 15 is 0 Å². The Morgan fingerprint density at radius 1 is 1.42 bits per heavy atom. The molecule has 0 fully saturated rings. The Morgan fingerprint density at radius 2 is 2.21 bits per heavy atom. The van der Waals surface area contributed by atoms with E-state index in [2.05, 4.69) is 40.5 Å². The first kappa shape index (κ1) is 14.0. The quantitative estimate of drug-likeness (QED) is 0.759. The molecule has 0 aliphatic rings. The minimum Gasteiger partial charge on any atom is -0.394 e. The van der Waals surface area contributed by atoms with Crippen LogP contribution in [0.4, 0.5) is 11.8 Å². The predicted molar refractivity (Wildman–Crippen MR) is 81.1 cm³/mol. The minimum absolute atomic E-state index is 0.0302. The van der Waals surface area contributed by atoms with Gasteiger partial charge in [-0.15, -0.1) is 11.3 Å². The highest BCUT2D eigenvalue weighted by atomic mass is 32.1. The third-order valence-electron chi connectivity index (χ3n) is 2.71. The summed E-state index contributed by atoms with van der Waals surface area (Å²) in [6.07, 6.45) is 1.03. The number of aliphatic hydroxyl groups excluding tert-OH is 1. The summed E-state index contributed by atoms with van der Waals surface area (Å²) in [4.78, 5) is 11.2. The molecule has 0 spiro atoms. The molecule has 5 nitrogen and oxygen atoms in total. The molecule has 0 saturated heterocycles. The van der Waals surface area contributed by atoms with Gasteiger partial charge in [-0.1, -0.05) is 6.92 Å². The molecule has 0 aliphatic heterocycles. The molecule has 3 N–H and O–H groups in total. The lowest BCUT2D eigenvalue weighted by Gasteiger charge is -2.13. The zero-order valence-electron chi connectivity index (χ0n) is 11.5. The number of hydrogen-bond acceptors (Lipinski definition) is 6. The highest BCUT2D eigenvalue weighted by Gasteiger charge is 2.12. The molecule has 19 heavy (non-hydrogen) atoms. The zero-order chi connectivity index (χ0) is 13.8. The maximum Gasteiger partial charge on any atom is 0.226 e. The van der Waals surface area contributed by atoms with Gasteiger partial charge >= 0.3 is 0 Å². The van der Waals surface area contributed by atoms with Crippen LogP contribution < -0.4 is 10.6 Å². The van der Waals surface area contributed by atoms with Crippen LogP contribution in [-0.4, -0.2) is 34.3 Å². The van der Waals surface area contributed by atoms with Crippen molar-refractivity contribution < 1.29 is 5.11 Å². The van der Waals surface area contributed by atoms with E-state index < -0.39 is 0 Å².